The molecule has 6 heteroatoms. The monoisotopic (exact) mass is 278 g/mol. The zero-order valence-corrected chi connectivity index (χ0v) is 11.7. The molecule has 0 aliphatic carbocycles. The lowest BCUT2D eigenvalue weighted by atomic mass is 9.84. The fourth-order valence-corrected chi connectivity index (χ4v) is 2.14. The van der Waals surface area contributed by atoms with Crippen LogP contribution in [0.2, 0.25) is 0 Å². The number of hydrogen-bond donors (Lipinski definition) is 2. The molecule has 3 N–H and O–H groups in total. The van der Waals surface area contributed by atoms with Crippen molar-refractivity contribution in [3.05, 3.63) is 34.3 Å². The largest absolute Gasteiger partial charge is 0.481 e. The van der Waals surface area contributed by atoms with Crippen molar-refractivity contribution in [2.24, 2.45) is 18.2 Å². The Morgan fingerprint density at radius 2 is 2.15 bits per heavy atom. The van der Waals surface area contributed by atoms with E-state index in [1.165, 1.54) is 4.57 Å². The molecule has 1 atom stereocenters. The van der Waals surface area contributed by atoms with Crippen molar-refractivity contribution in [1.82, 2.24) is 4.57 Å². The van der Waals surface area contributed by atoms with Crippen molar-refractivity contribution in [2.75, 3.05) is 0 Å². The van der Waals surface area contributed by atoms with Crippen molar-refractivity contribution in [3.8, 4) is 0 Å². The Balaban J connectivity index is 2.34. The average molecular weight is 278 g/mol. The predicted octanol–water partition coefficient (Wildman–Crippen LogP) is 1.63. The van der Waals surface area contributed by atoms with Crippen LogP contribution in [0, 0.1) is 5.41 Å². The zero-order valence-electron chi connectivity index (χ0n) is 11.7. The number of rotatable bonds is 4. The van der Waals surface area contributed by atoms with Crippen LogP contribution in [0.25, 0.3) is 11.1 Å². The summed E-state index contributed by atoms with van der Waals surface area (Å²) in [5.41, 5.74) is 7.05. The molecule has 6 nitrogen and oxygen atoms in total. The number of hydrogen-bond acceptors (Lipinski definition) is 4. The number of aliphatic carboxylic acids is 1. The Kier molecular flexibility index (Phi) is 3.43. The summed E-state index contributed by atoms with van der Waals surface area (Å²) in [7, 11) is 1.63. The summed E-state index contributed by atoms with van der Waals surface area (Å²) in [6.45, 7) is 3.27. The summed E-state index contributed by atoms with van der Waals surface area (Å²) >= 11 is 0. The van der Waals surface area contributed by atoms with Crippen LogP contribution < -0.4 is 11.5 Å². The van der Waals surface area contributed by atoms with E-state index in [0.29, 0.717) is 17.5 Å². The summed E-state index contributed by atoms with van der Waals surface area (Å²) in [4.78, 5) is 22.6. The second-order valence-corrected chi connectivity index (χ2v) is 5.65. The molecule has 0 bridgehead atoms. The minimum absolute atomic E-state index is 0.297. The lowest BCUT2D eigenvalue weighted by Crippen LogP contribution is -2.28. The standard InChI is InChI=1S/C14H18N2O4/c1-14(2,12(17)18)7-9(15)8-4-5-10-11(6-8)20-13(19)16(10)3/h4-6,9H,7,15H2,1-3H3,(H,17,18). The van der Waals surface area contributed by atoms with Crippen LogP contribution >= 0.6 is 0 Å². The molecule has 0 radical (unpaired) electrons. The lowest BCUT2D eigenvalue weighted by molar-refractivity contribution is -0.147. The number of fused-ring (bicyclic) bond motifs is 1. The fourth-order valence-electron chi connectivity index (χ4n) is 2.14. The van der Waals surface area contributed by atoms with Gasteiger partial charge in [-0.15, -0.1) is 0 Å². The number of aromatic nitrogens is 1. The maximum Gasteiger partial charge on any atom is 0.419 e. The topological polar surface area (TPSA) is 98.5 Å². The van der Waals surface area contributed by atoms with E-state index < -0.39 is 23.2 Å². The predicted molar refractivity (Wildman–Crippen MR) is 74.4 cm³/mol. The Morgan fingerprint density at radius 1 is 1.50 bits per heavy atom. The summed E-state index contributed by atoms with van der Waals surface area (Å²) < 4.78 is 6.51. The van der Waals surface area contributed by atoms with Gasteiger partial charge < -0.3 is 15.3 Å². The average Bonchev–Trinajstić information content (AvgIpc) is 2.64. The molecular formula is C14H18N2O4. The van der Waals surface area contributed by atoms with Crippen LogP contribution in [-0.2, 0) is 11.8 Å². The van der Waals surface area contributed by atoms with Gasteiger partial charge in [0.1, 0.15) is 0 Å². The number of carboxylic acids is 1. The van der Waals surface area contributed by atoms with Crippen molar-refractivity contribution in [1.29, 1.82) is 0 Å². The zero-order chi connectivity index (χ0) is 15.1. The Hall–Kier alpha value is -2.08. The second-order valence-electron chi connectivity index (χ2n) is 5.65. The number of oxazole rings is 1. The molecule has 0 saturated carbocycles. The first-order valence-electron chi connectivity index (χ1n) is 6.31. The first kappa shape index (κ1) is 14.3. The van der Waals surface area contributed by atoms with Crippen molar-refractivity contribution >= 4 is 17.1 Å². The van der Waals surface area contributed by atoms with Gasteiger partial charge in [-0.05, 0) is 38.0 Å². The van der Waals surface area contributed by atoms with E-state index in [-0.39, 0.29) is 0 Å². The lowest BCUT2D eigenvalue weighted by Gasteiger charge is -2.23. The van der Waals surface area contributed by atoms with Crippen LogP contribution in [0.1, 0.15) is 31.9 Å². The highest BCUT2D eigenvalue weighted by Gasteiger charge is 2.30. The normalized spacial score (nSPS) is 13.6. The van der Waals surface area contributed by atoms with Gasteiger partial charge in [0, 0.05) is 13.1 Å². The maximum absolute atomic E-state index is 11.4. The third-order valence-electron chi connectivity index (χ3n) is 3.55. The second kappa shape index (κ2) is 4.79. The van der Waals surface area contributed by atoms with Gasteiger partial charge in [-0.3, -0.25) is 9.36 Å². The Bertz CT molecular complexity index is 712. The molecule has 2 aromatic rings. The number of benzene rings is 1. The molecule has 108 valence electrons. The molecular weight excluding hydrogens is 260 g/mol. The van der Waals surface area contributed by atoms with Gasteiger partial charge in [-0.2, -0.15) is 0 Å². The van der Waals surface area contributed by atoms with E-state index in [1.807, 2.05) is 0 Å². The third-order valence-corrected chi connectivity index (χ3v) is 3.55. The molecule has 2 rings (SSSR count). The maximum atomic E-state index is 11.4. The van der Waals surface area contributed by atoms with Gasteiger partial charge >= 0.3 is 11.7 Å². The minimum Gasteiger partial charge on any atom is -0.481 e. The third kappa shape index (κ3) is 2.46. The molecule has 1 aromatic carbocycles. The van der Waals surface area contributed by atoms with Crippen molar-refractivity contribution < 1.29 is 14.3 Å². The van der Waals surface area contributed by atoms with Crippen LogP contribution in [0.3, 0.4) is 0 Å². The Labute approximate surface area is 115 Å². The molecule has 0 aliphatic heterocycles. The molecule has 20 heavy (non-hydrogen) atoms. The van der Waals surface area contributed by atoms with E-state index in [1.54, 1.807) is 39.1 Å². The van der Waals surface area contributed by atoms with Crippen LogP contribution in [-0.4, -0.2) is 15.6 Å². The quantitative estimate of drug-likeness (QED) is 0.885. The number of carboxylic acid groups (broad SMARTS) is 1. The molecule has 0 saturated heterocycles. The van der Waals surface area contributed by atoms with Gasteiger partial charge in [-0.25, -0.2) is 4.79 Å². The Morgan fingerprint density at radius 3 is 2.75 bits per heavy atom. The van der Waals surface area contributed by atoms with Crippen molar-refractivity contribution in [3.63, 3.8) is 0 Å². The van der Waals surface area contributed by atoms with Crippen LogP contribution in [0.4, 0.5) is 0 Å². The molecule has 0 spiro atoms. The minimum atomic E-state index is -0.911. The van der Waals surface area contributed by atoms with E-state index in [0.717, 1.165) is 5.56 Å². The smallest absolute Gasteiger partial charge is 0.419 e. The highest BCUT2D eigenvalue weighted by atomic mass is 16.4. The SMILES string of the molecule is Cn1c(=O)oc2cc(C(N)CC(C)(C)C(=O)O)ccc21. The number of nitrogens with zero attached hydrogens (tertiary/aromatic N) is 1. The molecule has 1 unspecified atom stereocenters. The van der Waals surface area contributed by atoms with Crippen LogP contribution in [0.5, 0.6) is 0 Å². The number of nitrogens with two attached hydrogens (primary N) is 1. The summed E-state index contributed by atoms with van der Waals surface area (Å²) in [5, 5.41) is 9.13. The first-order chi connectivity index (χ1) is 9.22. The van der Waals surface area contributed by atoms with E-state index >= 15 is 0 Å². The van der Waals surface area contributed by atoms with E-state index in [2.05, 4.69) is 0 Å². The van der Waals surface area contributed by atoms with Gasteiger partial charge in [0.25, 0.3) is 0 Å². The highest BCUT2D eigenvalue weighted by Crippen LogP contribution is 2.29. The first-order valence-corrected chi connectivity index (χ1v) is 6.31. The summed E-state index contributed by atoms with van der Waals surface area (Å²) in [5.74, 6) is -1.32. The van der Waals surface area contributed by atoms with E-state index in [9.17, 15) is 9.59 Å². The molecule has 0 amide bonds. The summed E-state index contributed by atoms with van der Waals surface area (Å²) in [6.07, 6.45) is 0.297. The molecule has 0 fully saturated rings. The van der Waals surface area contributed by atoms with Gasteiger partial charge in [0.05, 0.1) is 10.9 Å². The highest BCUT2D eigenvalue weighted by molar-refractivity contribution is 5.75. The molecule has 1 heterocycles. The fraction of sp³-hybridized carbons (Fsp3) is 0.429. The van der Waals surface area contributed by atoms with Gasteiger partial charge in [0.2, 0.25) is 0 Å². The summed E-state index contributed by atoms with van der Waals surface area (Å²) in [6, 6.07) is 4.80. The van der Waals surface area contributed by atoms with Gasteiger partial charge in [-0.1, -0.05) is 6.07 Å². The van der Waals surface area contributed by atoms with Crippen LogP contribution in [0.15, 0.2) is 27.4 Å². The van der Waals surface area contributed by atoms with Crippen molar-refractivity contribution in [2.45, 2.75) is 26.3 Å². The molecule has 1 aromatic heterocycles. The number of aryl methyl sites for hydroxylation is 1. The van der Waals surface area contributed by atoms with E-state index in [4.69, 9.17) is 15.3 Å². The number of carbonyl (C=O) groups is 1. The van der Waals surface area contributed by atoms with Gasteiger partial charge in [0.15, 0.2) is 5.58 Å². The molecule has 0 aliphatic rings.